The molecule has 60 valence electrons. The number of likely N-dealkylation sites (tertiary alicyclic amines) is 1. The Bertz CT molecular complexity index is 105. The highest BCUT2D eigenvalue weighted by molar-refractivity contribution is 4.76. The maximum Gasteiger partial charge on any atom is 0.0584 e. The standard InChI is InChI=1S/C8H17NO/c1-7-3-4-9(5-7)8(2)6-10/h7-8,10H,3-6H2,1-2H3/t7-,8-/m1/s1. The molecule has 1 heterocycles. The van der Waals surface area contributed by atoms with E-state index in [2.05, 4.69) is 18.7 Å². The van der Waals surface area contributed by atoms with Gasteiger partial charge in [0, 0.05) is 12.6 Å². The van der Waals surface area contributed by atoms with Gasteiger partial charge < -0.3 is 5.11 Å². The summed E-state index contributed by atoms with van der Waals surface area (Å²) in [5.74, 6) is 0.828. The Balaban J connectivity index is 2.29. The third-order valence-corrected chi connectivity index (χ3v) is 2.34. The van der Waals surface area contributed by atoms with Crippen molar-refractivity contribution in [3.8, 4) is 0 Å². The highest BCUT2D eigenvalue weighted by Gasteiger charge is 2.21. The molecular formula is C8H17NO. The normalized spacial score (nSPS) is 30.9. The molecule has 1 rings (SSSR count). The Kier molecular flexibility index (Phi) is 2.69. The van der Waals surface area contributed by atoms with Crippen molar-refractivity contribution in [3.05, 3.63) is 0 Å². The van der Waals surface area contributed by atoms with Crippen molar-refractivity contribution in [2.75, 3.05) is 19.7 Å². The van der Waals surface area contributed by atoms with E-state index in [-0.39, 0.29) is 0 Å². The van der Waals surface area contributed by atoms with Crippen LogP contribution in [-0.2, 0) is 0 Å². The molecule has 0 aromatic rings. The minimum Gasteiger partial charge on any atom is -0.395 e. The molecule has 0 radical (unpaired) electrons. The average Bonchev–Trinajstić information content (AvgIpc) is 2.34. The molecule has 1 saturated heterocycles. The van der Waals surface area contributed by atoms with Crippen LogP contribution in [0.5, 0.6) is 0 Å². The van der Waals surface area contributed by atoms with Crippen LogP contribution in [0.1, 0.15) is 20.3 Å². The number of rotatable bonds is 2. The molecule has 1 N–H and O–H groups in total. The van der Waals surface area contributed by atoms with Crippen LogP contribution in [0.25, 0.3) is 0 Å². The Morgan fingerprint density at radius 1 is 1.70 bits per heavy atom. The maximum atomic E-state index is 8.84. The lowest BCUT2D eigenvalue weighted by atomic mass is 10.2. The van der Waals surface area contributed by atoms with Gasteiger partial charge >= 0.3 is 0 Å². The summed E-state index contributed by atoms with van der Waals surface area (Å²) in [5.41, 5.74) is 0. The summed E-state index contributed by atoms with van der Waals surface area (Å²) in [5, 5.41) is 8.84. The lowest BCUT2D eigenvalue weighted by Gasteiger charge is -2.21. The number of hydrogen-bond acceptors (Lipinski definition) is 2. The first kappa shape index (κ1) is 8.02. The molecule has 2 nitrogen and oxygen atoms in total. The molecular weight excluding hydrogens is 126 g/mol. The smallest absolute Gasteiger partial charge is 0.0584 e. The van der Waals surface area contributed by atoms with Crippen LogP contribution in [0.3, 0.4) is 0 Å². The van der Waals surface area contributed by atoms with Crippen LogP contribution in [0.2, 0.25) is 0 Å². The van der Waals surface area contributed by atoms with Crippen LogP contribution < -0.4 is 0 Å². The highest BCUT2D eigenvalue weighted by Crippen LogP contribution is 2.16. The van der Waals surface area contributed by atoms with Crippen LogP contribution >= 0.6 is 0 Å². The fourth-order valence-electron chi connectivity index (χ4n) is 1.48. The summed E-state index contributed by atoms with van der Waals surface area (Å²) in [4.78, 5) is 2.35. The summed E-state index contributed by atoms with van der Waals surface area (Å²) >= 11 is 0. The number of hydrogen-bond donors (Lipinski definition) is 1. The minimum atomic E-state index is 0.298. The monoisotopic (exact) mass is 143 g/mol. The molecule has 1 aliphatic heterocycles. The van der Waals surface area contributed by atoms with E-state index in [0.29, 0.717) is 12.6 Å². The molecule has 0 spiro atoms. The first-order chi connectivity index (χ1) is 4.74. The van der Waals surface area contributed by atoms with E-state index in [1.54, 1.807) is 0 Å². The van der Waals surface area contributed by atoms with Crippen molar-refractivity contribution in [1.82, 2.24) is 4.90 Å². The zero-order valence-electron chi connectivity index (χ0n) is 6.88. The molecule has 2 heteroatoms. The van der Waals surface area contributed by atoms with E-state index < -0.39 is 0 Å². The van der Waals surface area contributed by atoms with Crippen LogP contribution in [0, 0.1) is 5.92 Å². The summed E-state index contributed by atoms with van der Waals surface area (Å²) < 4.78 is 0. The van der Waals surface area contributed by atoms with E-state index in [4.69, 9.17) is 5.11 Å². The fourth-order valence-corrected chi connectivity index (χ4v) is 1.48. The number of aliphatic hydroxyl groups excluding tert-OH is 1. The highest BCUT2D eigenvalue weighted by atomic mass is 16.3. The van der Waals surface area contributed by atoms with Gasteiger partial charge in [-0.25, -0.2) is 0 Å². The molecule has 0 unspecified atom stereocenters. The Hall–Kier alpha value is -0.0800. The predicted molar refractivity (Wildman–Crippen MR) is 41.9 cm³/mol. The van der Waals surface area contributed by atoms with E-state index >= 15 is 0 Å². The topological polar surface area (TPSA) is 23.5 Å². The van der Waals surface area contributed by atoms with Gasteiger partial charge in [0.2, 0.25) is 0 Å². The van der Waals surface area contributed by atoms with E-state index in [9.17, 15) is 0 Å². The van der Waals surface area contributed by atoms with Gasteiger partial charge in [-0.1, -0.05) is 6.92 Å². The van der Waals surface area contributed by atoms with E-state index in [0.717, 1.165) is 5.92 Å². The van der Waals surface area contributed by atoms with Crippen molar-refractivity contribution in [2.24, 2.45) is 5.92 Å². The molecule has 0 bridgehead atoms. The molecule has 1 aliphatic rings. The maximum absolute atomic E-state index is 8.84. The van der Waals surface area contributed by atoms with Crippen molar-refractivity contribution < 1.29 is 5.11 Å². The Labute approximate surface area is 62.8 Å². The third-order valence-electron chi connectivity index (χ3n) is 2.34. The van der Waals surface area contributed by atoms with Gasteiger partial charge in [-0.15, -0.1) is 0 Å². The average molecular weight is 143 g/mol. The van der Waals surface area contributed by atoms with Gasteiger partial charge in [-0.2, -0.15) is 0 Å². The van der Waals surface area contributed by atoms with Crippen LogP contribution in [0.4, 0.5) is 0 Å². The van der Waals surface area contributed by atoms with E-state index in [1.165, 1.54) is 19.5 Å². The zero-order chi connectivity index (χ0) is 7.56. The third kappa shape index (κ3) is 1.70. The molecule has 2 atom stereocenters. The lowest BCUT2D eigenvalue weighted by Crippen LogP contribution is -2.33. The van der Waals surface area contributed by atoms with E-state index in [1.807, 2.05) is 0 Å². The molecule has 0 saturated carbocycles. The SMILES string of the molecule is C[C@@H]1CCN([C@H](C)CO)C1. The van der Waals surface area contributed by atoms with Gasteiger partial charge in [0.05, 0.1) is 6.61 Å². The number of nitrogens with zero attached hydrogens (tertiary/aromatic N) is 1. The summed E-state index contributed by atoms with van der Waals surface area (Å²) in [7, 11) is 0. The molecule has 0 aromatic heterocycles. The molecule has 0 aromatic carbocycles. The van der Waals surface area contributed by atoms with Crippen molar-refractivity contribution in [2.45, 2.75) is 26.3 Å². The second kappa shape index (κ2) is 3.35. The van der Waals surface area contributed by atoms with Gasteiger partial charge in [-0.3, -0.25) is 4.90 Å². The summed E-state index contributed by atoms with van der Waals surface area (Å²) in [6, 6.07) is 0.366. The van der Waals surface area contributed by atoms with Gasteiger partial charge in [0.15, 0.2) is 0 Å². The molecule has 1 fully saturated rings. The molecule has 0 amide bonds. The fraction of sp³-hybridized carbons (Fsp3) is 1.00. The minimum absolute atomic E-state index is 0.298. The Morgan fingerprint density at radius 2 is 2.40 bits per heavy atom. The zero-order valence-corrected chi connectivity index (χ0v) is 6.88. The largest absolute Gasteiger partial charge is 0.395 e. The van der Waals surface area contributed by atoms with Crippen molar-refractivity contribution in [1.29, 1.82) is 0 Å². The van der Waals surface area contributed by atoms with Crippen LogP contribution in [0.15, 0.2) is 0 Å². The first-order valence-corrected chi connectivity index (χ1v) is 4.09. The first-order valence-electron chi connectivity index (χ1n) is 4.09. The second-order valence-electron chi connectivity index (χ2n) is 3.42. The molecule has 10 heavy (non-hydrogen) atoms. The van der Waals surface area contributed by atoms with Gasteiger partial charge in [-0.05, 0) is 25.8 Å². The molecule has 0 aliphatic carbocycles. The quantitative estimate of drug-likeness (QED) is 0.615. The lowest BCUT2D eigenvalue weighted by molar-refractivity contribution is 0.155. The van der Waals surface area contributed by atoms with Gasteiger partial charge in [0.25, 0.3) is 0 Å². The van der Waals surface area contributed by atoms with Crippen LogP contribution in [-0.4, -0.2) is 35.7 Å². The second-order valence-corrected chi connectivity index (χ2v) is 3.42. The van der Waals surface area contributed by atoms with Gasteiger partial charge in [0.1, 0.15) is 0 Å². The summed E-state index contributed by atoms with van der Waals surface area (Å²) in [6.07, 6.45) is 1.30. The predicted octanol–water partition coefficient (Wildman–Crippen LogP) is 0.709. The van der Waals surface area contributed by atoms with Crippen molar-refractivity contribution in [3.63, 3.8) is 0 Å². The number of aliphatic hydroxyl groups is 1. The Morgan fingerprint density at radius 3 is 2.80 bits per heavy atom. The van der Waals surface area contributed by atoms with Crippen molar-refractivity contribution >= 4 is 0 Å². The summed E-state index contributed by atoms with van der Waals surface area (Å²) in [6.45, 7) is 6.99.